The highest BCUT2D eigenvalue weighted by Gasteiger charge is 2.30. The van der Waals surface area contributed by atoms with E-state index in [4.69, 9.17) is 5.73 Å². The number of sulfone groups is 1. The molecule has 21 heavy (non-hydrogen) atoms. The van der Waals surface area contributed by atoms with Gasteiger partial charge in [0.2, 0.25) is 10.0 Å². The lowest BCUT2D eigenvalue weighted by molar-refractivity contribution is 0.505. The van der Waals surface area contributed by atoms with Gasteiger partial charge < -0.3 is 5.73 Å². The summed E-state index contributed by atoms with van der Waals surface area (Å²) in [5.41, 5.74) is 4.98. The monoisotopic (exact) mass is 340 g/mol. The summed E-state index contributed by atoms with van der Waals surface area (Å²) < 4.78 is 75.6. The Morgan fingerprint density at radius 1 is 1.29 bits per heavy atom. The quantitative estimate of drug-likeness (QED) is 0.765. The van der Waals surface area contributed by atoms with Crippen LogP contribution in [0.5, 0.6) is 0 Å². The summed E-state index contributed by atoms with van der Waals surface area (Å²) in [4.78, 5) is -1.11. The second kappa shape index (κ2) is 5.50. The number of rotatable bonds is 4. The summed E-state index contributed by atoms with van der Waals surface area (Å²) in [7, 11) is -7.56. The lowest BCUT2D eigenvalue weighted by atomic mass is 10.1. The van der Waals surface area contributed by atoms with Gasteiger partial charge in [-0.3, -0.25) is 0 Å². The molecule has 6 nitrogen and oxygen atoms in total. The molecule has 0 bridgehead atoms. The maximum atomic E-state index is 13.6. The number of anilines is 1. The van der Waals surface area contributed by atoms with E-state index in [1.54, 1.807) is 0 Å². The fraction of sp³-hybridized carbons (Fsp3) is 0.455. The molecule has 118 valence electrons. The van der Waals surface area contributed by atoms with Crippen LogP contribution in [0, 0.1) is 17.6 Å². The van der Waals surface area contributed by atoms with Crippen LogP contribution in [0.3, 0.4) is 0 Å². The zero-order chi connectivity index (χ0) is 15.8. The second-order valence-electron chi connectivity index (χ2n) is 4.93. The van der Waals surface area contributed by atoms with Crippen molar-refractivity contribution in [1.82, 2.24) is 4.72 Å². The highest BCUT2D eigenvalue weighted by Crippen LogP contribution is 2.23. The van der Waals surface area contributed by atoms with Crippen LogP contribution in [-0.2, 0) is 19.9 Å². The van der Waals surface area contributed by atoms with Crippen LogP contribution in [-0.4, -0.2) is 34.9 Å². The van der Waals surface area contributed by atoms with E-state index in [2.05, 4.69) is 0 Å². The molecule has 1 heterocycles. The number of hydrogen-bond donors (Lipinski definition) is 2. The van der Waals surface area contributed by atoms with Crippen LogP contribution in [0.2, 0.25) is 0 Å². The van der Waals surface area contributed by atoms with Crippen molar-refractivity contribution in [3.05, 3.63) is 23.8 Å². The zero-order valence-corrected chi connectivity index (χ0v) is 12.5. The van der Waals surface area contributed by atoms with Gasteiger partial charge in [0.15, 0.2) is 14.7 Å². The Bertz CT molecular complexity index is 739. The third-order valence-electron chi connectivity index (χ3n) is 3.18. The minimum Gasteiger partial charge on any atom is -0.399 e. The van der Waals surface area contributed by atoms with Gasteiger partial charge in [0.1, 0.15) is 11.6 Å². The number of nitrogen functional groups attached to an aromatic ring is 1. The molecule has 1 fully saturated rings. The van der Waals surface area contributed by atoms with Gasteiger partial charge >= 0.3 is 0 Å². The summed E-state index contributed by atoms with van der Waals surface area (Å²) in [6.07, 6.45) is 0.317. The van der Waals surface area contributed by atoms with Crippen molar-refractivity contribution in [3.8, 4) is 0 Å². The summed E-state index contributed by atoms with van der Waals surface area (Å²) in [6.45, 7) is -0.190. The number of halogens is 2. The van der Waals surface area contributed by atoms with Crippen LogP contribution in [0.25, 0.3) is 0 Å². The van der Waals surface area contributed by atoms with Crippen LogP contribution >= 0.6 is 0 Å². The van der Waals surface area contributed by atoms with Crippen LogP contribution in [0.1, 0.15) is 6.42 Å². The molecule has 1 aliphatic heterocycles. The molecule has 0 aromatic heterocycles. The third-order valence-corrected chi connectivity index (χ3v) is 6.49. The molecule has 1 aliphatic rings. The van der Waals surface area contributed by atoms with Crippen molar-refractivity contribution in [3.63, 3.8) is 0 Å². The lowest BCUT2D eigenvalue weighted by Gasteiger charge is -2.12. The first-order valence-electron chi connectivity index (χ1n) is 6.05. The third kappa shape index (κ3) is 3.69. The molecule has 10 heteroatoms. The van der Waals surface area contributed by atoms with Crippen molar-refractivity contribution in [1.29, 1.82) is 0 Å². The normalized spacial score (nSPS) is 21.5. The van der Waals surface area contributed by atoms with E-state index in [1.165, 1.54) is 0 Å². The van der Waals surface area contributed by atoms with Gasteiger partial charge in [0.05, 0.1) is 11.5 Å². The Hall–Kier alpha value is -1.26. The van der Waals surface area contributed by atoms with E-state index >= 15 is 0 Å². The van der Waals surface area contributed by atoms with Gasteiger partial charge in [-0.1, -0.05) is 0 Å². The molecular weight excluding hydrogens is 326 g/mol. The van der Waals surface area contributed by atoms with Crippen molar-refractivity contribution < 1.29 is 25.6 Å². The SMILES string of the molecule is Nc1cc(F)c(S(=O)(=O)NCC2CCS(=O)(=O)C2)c(F)c1. The number of benzene rings is 1. The van der Waals surface area contributed by atoms with Crippen LogP contribution < -0.4 is 10.5 Å². The number of nitrogens with one attached hydrogen (secondary N) is 1. The molecule has 1 aromatic carbocycles. The molecule has 2 rings (SSSR count). The van der Waals surface area contributed by atoms with E-state index < -0.39 is 42.3 Å². The first-order valence-corrected chi connectivity index (χ1v) is 9.36. The van der Waals surface area contributed by atoms with Gasteiger partial charge in [-0.05, 0) is 24.5 Å². The lowest BCUT2D eigenvalue weighted by Crippen LogP contribution is -2.31. The molecule has 1 aromatic rings. The predicted molar refractivity (Wildman–Crippen MR) is 72.7 cm³/mol. The Morgan fingerprint density at radius 3 is 2.33 bits per heavy atom. The topological polar surface area (TPSA) is 106 Å². The average Bonchev–Trinajstić information content (AvgIpc) is 2.65. The molecule has 0 radical (unpaired) electrons. The Labute approximate surface area is 121 Å². The molecule has 1 unspecified atom stereocenters. The van der Waals surface area contributed by atoms with E-state index in [-0.39, 0.29) is 23.7 Å². The zero-order valence-electron chi connectivity index (χ0n) is 10.8. The minimum absolute atomic E-state index is 0.00993. The van der Waals surface area contributed by atoms with Gasteiger partial charge in [-0.25, -0.2) is 30.3 Å². The van der Waals surface area contributed by atoms with Gasteiger partial charge in [0.25, 0.3) is 0 Å². The van der Waals surface area contributed by atoms with Crippen molar-refractivity contribution in [2.45, 2.75) is 11.3 Å². The maximum absolute atomic E-state index is 13.6. The molecule has 1 atom stereocenters. The summed E-state index contributed by atoms with van der Waals surface area (Å²) >= 11 is 0. The Balaban J connectivity index is 2.17. The Morgan fingerprint density at radius 2 is 1.86 bits per heavy atom. The molecule has 1 saturated heterocycles. The largest absolute Gasteiger partial charge is 0.399 e. The fourth-order valence-electron chi connectivity index (χ4n) is 2.17. The van der Waals surface area contributed by atoms with E-state index in [0.29, 0.717) is 18.6 Å². The first kappa shape index (κ1) is 16.1. The van der Waals surface area contributed by atoms with E-state index in [0.717, 1.165) is 0 Å². The number of nitrogens with two attached hydrogens (primary N) is 1. The first-order chi connectivity index (χ1) is 9.61. The second-order valence-corrected chi connectivity index (χ2v) is 8.87. The van der Waals surface area contributed by atoms with E-state index in [1.807, 2.05) is 4.72 Å². The molecule has 0 spiro atoms. The van der Waals surface area contributed by atoms with Crippen molar-refractivity contribution in [2.24, 2.45) is 5.92 Å². The van der Waals surface area contributed by atoms with Gasteiger partial charge in [-0.2, -0.15) is 0 Å². The minimum atomic E-state index is -4.41. The average molecular weight is 340 g/mol. The number of hydrogen-bond acceptors (Lipinski definition) is 5. The fourth-order valence-corrected chi connectivity index (χ4v) is 5.26. The van der Waals surface area contributed by atoms with Gasteiger partial charge in [0, 0.05) is 12.2 Å². The molecule has 0 amide bonds. The summed E-state index contributed by atoms with van der Waals surface area (Å²) in [6, 6.07) is 1.41. The summed E-state index contributed by atoms with van der Waals surface area (Å²) in [5.74, 6) is -3.13. The van der Waals surface area contributed by atoms with Crippen LogP contribution in [0.4, 0.5) is 14.5 Å². The van der Waals surface area contributed by atoms with Gasteiger partial charge in [-0.15, -0.1) is 0 Å². The van der Waals surface area contributed by atoms with Crippen LogP contribution in [0.15, 0.2) is 17.0 Å². The smallest absolute Gasteiger partial charge is 0.246 e. The number of sulfonamides is 1. The predicted octanol–water partition coefficient (Wildman–Crippen LogP) is 0.260. The van der Waals surface area contributed by atoms with Crippen molar-refractivity contribution >= 4 is 25.5 Å². The summed E-state index contributed by atoms with van der Waals surface area (Å²) in [5, 5.41) is 0. The molecule has 3 N–H and O–H groups in total. The molecule has 0 aliphatic carbocycles. The molecular formula is C11H14F2N2O4S2. The highest BCUT2D eigenvalue weighted by molar-refractivity contribution is 7.91. The van der Waals surface area contributed by atoms with E-state index in [9.17, 15) is 25.6 Å². The molecule has 0 saturated carbocycles. The Kier molecular flexibility index (Phi) is 4.22. The maximum Gasteiger partial charge on any atom is 0.246 e. The standard InChI is InChI=1S/C11H14F2N2O4S2/c12-9-3-8(14)4-10(13)11(9)21(18,19)15-5-7-1-2-20(16,17)6-7/h3-4,7,15H,1-2,5-6,14H2. The highest BCUT2D eigenvalue weighted by atomic mass is 32.2. The van der Waals surface area contributed by atoms with Crippen molar-refractivity contribution in [2.75, 3.05) is 23.8 Å².